The summed E-state index contributed by atoms with van der Waals surface area (Å²) in [5, 5.41) is 8.82. The minimum Gasteiger partial charge on any atom is -0.368 e. The predicted molar refractivity (Wildman–Crippen MR) is 58.2 cm³/mol. The average Bonchev–Trinajstić information content (AvgIpc) is 2.45. The van der Waals surface area contributed by atoms with E-state index >= 15 is 0 Å². The lowest BCUT2D eigenvalue weighted by atomic mass is 10.5. The summed E-state index contributed by atoms with van der Waals surface area (Å²) in [5.41, 5.74) is 0. The van der Waals surface area contributed by atoms with Gasteiger partial charge in [-0.1, -0.05) is 11.6 Å². The van der Waals surface area contributed by atoms with Gasteiger partial charge in [0.15, 0.2) is 4.47 Å². The Morgan fingerprint density at radius 2 is 2.43 bits per heavy atom. The molecule has 1 heterocycles. The van der Waals surface area contributed by atoms with E-state index in [2.05, 4.69) is 10.3 Å². The van der Waals surface area contributed by atoms with Crippen LogP contribution in [0.5, 0.6) is 0 Å². The Bertz CT molecular complexity index is 403. The molecule has 14 heavy (non-hydrogen) atoms. The summed E-state index contributed by atoms with van der Waals surface area (Å²) < 4.78 is 22.1. The molecule has 5 nitrogen and oxygen atoms in total. The first-order valence-corrected chi connectivity index (χ1v) is 6.63. The number of hydrogen-bond donors (Lipinski definition) is 2. The number of halogens is 1. The lowest BCUT2D eigenvalue weighted by Gasteiger charge is -2.08. The molecule has 80 valence electrons. The van der Waals surface area contributed by atoms with Crippen molar-refractivity contribution in [1.29, 1.82) is 0 Å². The fraction of sp³-hybridized carbons (Fsp3) is 0.500. The normalized spacial score (nSPS) is 13.9. The second kappa shape index (κ2) is 4.43. The highest BCUT2D eigenvalue weighted by Crippen LogP contribution is 2.18. The molecule has 0 saturated heterocycles. The van der Waals surface area contributed by atoms with Crippen molar-refractivity contribution in [1.82, 2.24) is 4.98 Å². The Morgan fingerprint density at radius 3 is 2.86 bits per heavy atom. The first kappa shape index (κ1) is 11.7. The van der Waals surface area contributed by atoms with Gasteiger partial charge >= 0.3 is 0 Å². The number of nitrogens with zero attached hydrogens (tertiary/aromatic N) is 1. The molecule has 0 bridgehead atoms. The SMILES string of the molecule is CC(CNc1csc(Cl)n1)S(N)(=O)=O. The van der Waals surface area contributed by atoms with Crippen LogP contribution in [0.1, 0.15) is 6.92 Å². The molecular weight excluding hydrogens is 246 g/mol. The van der Waals surface area contributed by atoms with Crippen LogP contribution in [-0.4, -0.2) is 25.2 Å². The van der Waals surface area contributed by atoms with Crippen molar-refractivity contribution >= 4 is 38.8 Å². The Labute approximate surface area is 91.3 Å². The molecule has 0 radical (unpaired) electrons. The molecule has 0 aliphatic rings. The van der Waals surface area contributed by atoms with E-state index < -0.39 is 15.3 Å². The molecule has 8 heteroatoms. The van der Waals surface area contributed by atoms with Crippen molar-refractivity contribution in [2.75, 3.05) is 11.9 Å². The molecule has 1 aromatic rings. The molecule has 1 rings (SSSR count). The molecule has 0 aliphatic heterocycles. The van der Waals surface area contributed by atoms with Gasteiger partial charge in [-0.3, -0.25) is 0 Å². The molecule has 0 amide bonds. The molecule has 0 aliphatic carbocycles. The van der Waals surface area contributed by atoms with Crippen LogP contribution in [0.4, 0.5) is 5.82 Å². The first-order valence-electron chi connectivity index (χ1n) is 3.76. The largest absolute Gasteiger partial charge is 0.368 e. The summed E-state index contributed by atoms with van der Waals surface area (Å²) >= 11 is 6.86. The van der Waals surface area contributed by atoms with Crippen molar-refractivity contribution in [2.24, 2.45) is 5.14 Å². The van der Waals surface area contributed by atoms with Crippen LogP contribution >= 0.6 is 22.9 Å². The van der Waals surface area contributed by atoms with Crippen molar-refractivity contribution < 1.29 is 8.42 Å². The summed E-state index contributed by atoms with van der Waals surface area (Å²) in [6.45, 7) is 1.75. The molecule has 0 saturated carbocycles. The fourth-order valence-corrected chi connectivity index (χ4v) is 1.73. The monoisotopic (exact) mass is 255 g/mol. The zero-order valence-electron chi connectivity index (χ0n) is 7.40. The highest BCUT2D eigenvalue weighted by Gasteiger charge is 2.15. The van der Waals surface area contributed by atoms with Gasteiger partial charge in [-0.05, 0) is 6.92 Å². The first-order chi connectivity index (χ1) is 6.39. The van der Waals surface area contributed by atoms with Gasteiger partial charge in [-0.15, -0.1) is 11.3 Å². The molecule has 1 atom stereocenters. The van der Waals surface area contributed by atoms with E-state index in [9.17, 15) is 8.42 Å². The molecule has 1 aromatic heterocycles. The van der Waals surface area contributed by atoms with Crippen molar-refractivity contribution in [3.8, 4) is 0 Å². The lowest BCUT2D eigenvalue weighted by molar-refractivity contribution is 0.587. The van der Waals surface area contributed by atoms with Gasteiger partial charge in [-0.25, -0.2) is 18.5 Å². The third kappa shape index (κ3) is 3.41. The van der Waals surface area contributed by atoms with Gasteiger partial charge in [0.05, 0.1) is 5.25 Å². The van der Waals surface area contributed by atoms with Crippen LogP contribution in [0, 0.1) is 0 Å². The quantitative estimate of drug-likeness (QED) is 0.837. The van der Waals surface area contributed by atoms with Gasteiger partial charge in [0.25, 0.3) is 0 Å². The van der Waals surface area contributed by atoms with Crippen LogP contribution in [0.2, 0.25) is 4.47 Å². The van der Waals surface area contributed by atoms with E-state index in [-0.39, 0.29) is 6.54 Å². The van der Waals surface area contributed by atoms with E-state index in [1.54, 1.807) is 5.38 Å². The van der Waals surface area contributed by atoms with Crippen LogP contribution < -0.4 is 10.5 Å². The standard InChI is InChI=1S/C6H10ClN3O2S2/c1-4(14(8,11)12)2-9-5-3-13-6(7)10-5/h3-4,9H,2H2,1H3,(H2,8,11,12). The smallest absolute Gasteiger partial charge is 0.213 e. The van der Waals surface area contributed by atoms with Gasteiger partial charge < -0.3 is 5.32 Å². The highest BCUT2D eigenvalue weighted by molar-refractivity contribution is 7.89. The molecule has 0 fully saturated rings. The summed E-state index contributed by atoms with van der Waals surface area (Å²) in [5.74, 6) is 0.565. The van der Waals surface area contributed by atoms with E-state index in [1.807, 2.05) is 0 Å². The second-order valence-electron chi connectivity index (χ2n) is 2.77. The molecule has 3 N–H and O–H groups in total. The molecular formula is C6H10ClN3O2S2. The number of hydrogen-bond acceptors (Lipinski definition) is 5. The summed E-state index contributed by atoms with van der Waals surface area (Å²) in [6, 6.07) is 0. The minimum absolute atomic E-state index is 0.221. The number of nitrogens with one attached hydrogen (secondary N) is 1. The van der Waals surface area contributed by atoms with E-state index in [0.717, 1.165) is 0 Å². The van der Waals surface area contributed by atoms with Crippen LogP contribution in [-0.2, 0) is 10.0 Å². The average molecular weight is 256 g/mol. The molecule has 1 unspecified atom stereocenters. The van der Waals surface area contributed by atoms with Gasteiger partial charge in [0.2, 0.25) is 10.0 Å². The van der Waals surface area contributed by atoms with Gasteiger partial charge in [0, 0.05) is 11.9 Å². The summed E-state index contributed by atoms with van der Waals surface area (Å²) in [4.78, 5) is 3.90. The van der Waals surface area contributed by atoms with Crippen molar-refractivity contribution in [2.45, 2.75) is 12.2 Å². The Hall–Kier alpha value is -0.370. The fourth-order valence-electron chi connectivity index (χ4n) is 0.697. The zero-order chi connectivity index (χ0) is 10.8. The van der Waals surface area contributed by atoms with E-state index in [0.29, 0.717) is 10.3 Å². The number of sulfonamides is 1. The van der Waals surface area contributed by atoms with Gasteiger partial charge in [0.1, 0.15) is 5.82 Å². The maximum Gasteiger partial charge on any atom is 0.213 e. The number of anilines is 1. The second-order valence-corrected chi connectivity index (χ2v) is 6.19. The predicted octanol–water partition coefficient (Wildman–Crippen LogP) is 0.885. The third-order valence-electron chi connectivity index (χ3n) is 1.61. The van der Waals surface area contributed by atoms with E-state index in [4.69, 9.17) is 16.7 Å². The topological polar surface area (TPSA) is 85.1 Å². The lowest BCUT2D eigenvalue weighted by Crippen LogP contribution is -2.31. The maximum atomic E-state index is 10.9. The van der Waals surface area contributed by atoms with E-state index in [1.165, 1.54) is 18.3 Å². The number of rotatable bonds is 4. The highest BCUT2D eigenvalue weighted by atomic mass is 35.5. The summed E-state index contributed by atoms with van der Waals surface area (Å²) in [7, 11) is -3.49. The number of nitrogens with two attached hydrogens (primary N) is 1. The van der Waals surface area contributed by atoms with Crippen LogP contribution in [0.25, 0.3) is 0 Å². The number of aromatic nitrogens is 1. The zero-order valence-corrected chi connectivity index (χ0v) is 9.79. The van der Waals surface area contributed by atoms with Crippen LogP contribution in [0.15, 0.2) is 5.38 Å². The Balaban J connectivity index is 2.50. The number of primary sulfonamides is 1. The number of thiazole rings is 1. The maximum absolute atomic E-state index is 10.9. The summed E-state index contributed by atoms with van der Waals surface area (Å²) in [6.07, 6.45) is 0. The minimum atomic E-state index is -3.49. The third-order valence-corrected chi connectivity index (χ3v) is 3.87. The Morgan fingerprint density at radius 1 is 1.79 bits per heavy atom. The van der Waals surface area contributed by atoms with Crippen LogP contribution in [0.3, 0.4) is 0 Å². The van der Waals surface area contributed by atoms with Crippen molar-refractivity contribution in [3.63, 3.8) is 0 Å². The van der Waals surface area contributed by atoms with Gasteiger partial charge in [-0.2, -0.15) is 0 Å². The van der Waals surface area contributed by atoms with Crippen molar-refractivity contribution in [3.05, 3.63) is 9.85 Å². The Kier molecular flexibility index (Phi) is 3.71. The molecule has 0 aromatic carbocycles. The molecule has 0 spiro atoms.